The Hall–Kier alpha value is -1.35. The molecule has 0 aliphatic carbocycles. The minimum atomic E-state index is 0.200. The Kier molecular flexibility index (Phi) is 4.37. The van der Waals surface area contributed by atoms with E-state index in [1.165, 1.54) is 6.08 Å². The van der Waals surface area contributed by atoms with Gasteiger partial charge >= 0.3 is 0 Å². The van der Waals surface area contributed by atoms with E-state index < -0.39 is 0 Å². The number of nitrogens with zero attached hydrogens (tertiary/aromatic N) is 2. The number of aliphatic imine (C=N–C) groups is 1. The number of hydrogen-bond acceptors (Lipinski definition) is 4. The van der Waals surface area contributed by atoms with Crippen LogP contribution in [0.1, 0.15) is 12.0 Å². The van der Waals surface area contributed by atoms with Crippen LogP contribution in [0.2, 0.25) is 5.02 Å². The van der Waals surface area contributed by atoms with Crippen molar-refractivity contribution in [2.45, 2.75) is 19.1 Å². The number of hydrogen-bond donors (Lipinski definition) is 0. The maximum atomic E-state index is 10.0. The Morgan fingerprint density at radius 3 is 3.06 bits per heavy atom. The largest absolute Gasteiger partial charge is 0.487 e. The first kappa shape index (κ1) is 13.1. The second-order valence-corrected chi connectivity index (χ2v) is 4.87. The number of rotatable bonds is 4. The molecule has 0 spiro atoms. The average molecular weight is 267 g/mol. The molecule has 1 atom stereocenters. The van der Waals surface area contributed by atoms with Gasteiger partial charge in [0.2, 0.25) is 6.08 Å². The van der Waals surface area contributed by atoms with E-state index in [4.69, 9.17) is 16.3 Å². The van der Waals surface area contributed by atoms with Gasteiger partial charge in [0.25, 0.3) is 0 Å². The van der Waals surface area contributed by atoms with Gasteiger partial charge in [-0.25, -0.2) is 9.79 Å². The van der Waals surface area contributed by atoms with Crippen LogP contribution in [0.25, 0.3) is 0 Å². The van der Waals surface area contributed by atoms with Crippen LogP contribution in [-0.2, 0) is 11.3 Å². The Morgan fingerprint density at radius 2 is 2.44 bits per heavy atom. The first-order valence-corrected chi connectivity index (χ1v) is 6.24. The summed E-state index contributed by atoms with van der Waals surface area (Å²) in [6, 6.07) is 5.47. The number of isocyanates is 1. The summed E-state index contributed by atoms with van der Waals surface area (Å²) in [6.07, 6.45) is 2.73. The standard InChI is InChI=1S/C13H15ClN2O2/c1-16-5-4-11(8-16)18-13-3-2-10(6-12(13)14)7-15-9-17/h2-3,6,11H,4-5,7-8H2,1H3. The molecule has 2 rings (SSSR count). The molecular formula is C13H15ClN2O2. The van der Waals surface area contributed by atoms with E-state index in [-0.39, 0.29) is 6.10 Å². The number of likely N-dealkylation sites (N-methyl/N-ethyl adjacent to an activating group) is 1. The molecule has 0 radical (unpaired) electrons. The van der Waals surface area contributed by atoms with Crippen LogP contribution in [0.4, 0.5) is 0 Å². The summed E-state index contributed by atoms with van der Waals surface area (Å²) in [5.74, 6) is 0.691. The first-order valence-electron chi connectivity index (χ1n) is 5.86. The number of carbonyl (C=O) groups excluding carboxylic acids is 1. The zero-order valence-electron chi connectivity index (χ0n) is 10.2. The van der Waals surface area contributed by atoms with Gasteiger partial charge in [-0.15, -0.1) is 0 Å². The Labute approximate surface area is 111 Å². The first-order chi connectivity index (χ1) is 8.69. The monoisotopic (exact) mass is 266 g/mol. The molecule has 1 heterocycles. The topological polar surface area (TPSA) is 41.9 Å². The highest BCUT2D eigenvalue weighted by Gasteiger charge is 2.21. The van der Waals surface area contributed by atoms with Crippen LogP contribution in [0.3, 0.4) is 0 Å². The van der Waals surface area contributed by atoms with Gasteiger partial charge in [-0.2, -0.15) is 0 Å². The number of ether oxygens (including phenoxy) is 1. The maximum Gasteiger partial charge on any atom is 0.235 e. The normalized spacial score (nSPS) is 19.6. The van der Waals surface area contributed by atoms with E-state index in [1.807, 2.05) is 12.1 Å². The van der Waals surface area contributed by atoms with Gasteiger partial charge < -0.3 is 9.64 Å². The van der Waals surface area contributed by atoms with Crippen molar-refractivity contribution in [1.29, 1.82) is 0 Å². The summed E-state index contributed by atoms with van der Waals surface area (Å²) in [4.78, 5) is 15.8. The third-order valence-corrected chi connectivity index (χ3v) is 3.26. The minimum absolute atomic E-state index is 0.200. The molecule has 0 aromatic heterocycles. The minimum Gasteiger partial charge on any atom is -0.487 e. The number of likely N-dealkylation sites (tertiary alicyclic amines) is 1. The molecule has 1 saturated heterocycles. The summed E-state index contributed by atoms with van der Waals surface area (Å²) < 4.78 is 5.85. The van der Waals surface area contributed by atoms with Crippen LogP contribution in [0, 0.1) is 0 Å². The smallest absolute Gasteiger partial charge is 0.235 e. The van der Waals surface area contributed by atoms with Crippen LogP contribution in [-0.4, -0.2) is 37.2 Å². The lowest BCUT2D eigenvalue weighted by molar-refractivity contribution is 0.208. The van der Waals surface area contributed by atoms with E-state index in [9.17, 15) is 4.79 Å². The fourth-order valence-electron chi connectivity index (χ4n) is 2.03. The van der Waals surface area contributed by atoms with Gasteiger partial charge in [-0.1, -0.05) is 17.7 Å². The average Bonchev–Trinajstić information content (AvgIpc) is 2.75. The second kappa shape index (κ2) is 6.01. The molecule has 0 saturated carbocycles. The van der Waals surface area contributed by atoms with E-state index in [0.717, 1.165) is 25.1 Å². The molecule has 1 aliphatic heterocycles. The van der Waals surface area contributed by atoms with Crippen LogP contribution < -0.4 is 4.74 Å². The summed E-state index contributed by atoms with van der Waals surface area (Å²) in [6.45, 7) is 2.28. The molecular weight excluding hydrogens is 252 g/mol. The molecule has 1 aliphatic rings. The van der Waals surface area contributed by atoms with Crippen LogP contribution in [0.5, 0.6) is 5.75 Å². The van der Waals surface area contributed by atoms with Gasteiger partial charge in [0.15, 0.2) is 0 Å². The SMILES string of the molecule is CN1CCC(Oc2ccc(CN=C=O)cc2Cl)C1. The predicted molar refractivity (Wildman–Crippen MR) is 69.8 cm³/mol. The number of halogens is 1. The van der Waals surface area contributed by atoms with E-state index >= 15 is 0 Å². The Balaban J connectivity index is 2.03. The zero-order valence-corrected chi connectivity index (χ0v) is 11.0. The quantitative estimate of drug-likeness (QED) is 0.620. The van der Waals surface area contributed by atoms with Crippen molar-refractivity contribution in [2.24, 2.45) is 4.99 Å². The molecule has 96 valence electrons. The maximum absolute atomic E-state index is 10.0. The molecule has 1 aromatic carbocycles. The summed E-state index contributed by atoms with van der Waals surface area (Å²) in [7, 11) is 2.07. The Bertz CT molecular complexity index is 472. The van der Waals surface area contributed by atoms with Crippen LogP contribution in [0.15, 0.2) is 23.2 Å². The van der Waals surface area contributed by atoms with Crippen molar-refractivity contribution in [3.05, 3.63) is 28.8 Å². The zero-order chi connectivity index (χ0) is 13.0. The van der Waals surface area contributed by atoms with Crippen LogP contribution >= 0.6 is 11.6 Å². The molecule has 1 unspecified atom stereocenters. The lowest BCUT2D eigenvalue weighted by Crippen LogP contribution is -2.21. The summed E-state index contributed by atoms with van der Waals surface area (Å²) in [5, 5.41) is 0.558. The fraction of sp³-hybridized carbons (Fsp3) is 0.462. The predicted octanol–water partition coefficient (Wildman–Crippen LogP) is 2.26. The molecule has 0 bridgehead atoms. The molecule has 18 heavy (non-hydrogen) atoms. The van der Waals surface area contributed by atoms with Crippen molar-refractivity contribution >= 4 is 17.7 Å². The highest BCUT2D eigenvalue weighted by molar-refractivity contribution is 6.32. The lowest BCUT2D eigenvalue weighted by atomic mass is 10.2. The van der Waals surface area contributed by atoms with E-state index in [0.29, 0.717) is 17.3 Å². The van der Waals surface area contributed by atoms with Crippen molar-refractivity contribution in [1.82, 2.24) is 4.90 Å². The lowest BCUT2D eigenvalue weighted by Gasteiger charge is -2.15. The van der Waals surface area contributed by atoms with Gasteiger partial charge in [-0.05, 0) is 31.2 Å². The van der Waals surface area contributed by atoms with Gasteiger partial charge in [0.1, 0.15) is 11.9 Å². The highest BCUT2D eigenvalue weighted by Crippen LogP contribution is 2.28. The fourth-order valence-corrected chi connectivity index (χ4v) is 2.28. The highest BCUT2D eigenvalue weighted by atomic mass is 35.5. The number of benzene rings is 1. The molecule has 1 aromatic rings. The van der Waals surface area contributed by atoms with Crippen molar-refractivity contribution in [3.8, 4) is 5.75 Å². The van der Waals surface area contributed by atoms with Gasteiger partial charge in [0.05, 0.1) is 11.6 Å². The molecule has 5 heteroatoms. The van der Waals surface area contributed by atoms with Gasteiger partial charge in [-0.3, -0.25) is 0 Å². The van der Waals surface area contributed by atoms with Gasteiger partial charge in [0, 0.05) is 13.1 Å². The molecule has 0 amide bonds. The molecule has 1 fully saturated rings. The van der Waals surface area contributed by atoms with E-state index in [1.54, 1.807) is 6.07 Å². The third kappa shape index (κ3) is 3.33. The second-order valence-electron chi connectivity index (χ2n) is 4.46. The Morgan fingerprint density at radius 1 is 1.61 bits per heavy atom. The van der Waals surface area contributed by atoms with Crippen molar-refractivity contribution < 1.29 is 9.53 Å². The summed E-state index contributed by atoms with van der Waals surface area (Å²) >= 11 is 6.14. The van der Waals surface area contributed by atoms with E-state index in [2.05, 4.69) is 16.9 Å². The molecule has 4 nitrogen and oxygen atoms in total. The van der Waals surface area contributed by atoms with Crippen molar-refractivity contribution in [2.75, 3.05) is 20.1 Å². The molecule has 0 N–H and O–H groups in total. The third-order valence-electron chi connectivity index (χ3n) is 2.96. The summed E-state index contributed by atoms with van der Waals surface area (Å²) in [5.41, 5.74) is 0.874. The van der Waals surface area contributed by atoms with Crippen molar-refractivity contribution in [3.63, 3.8) is 0 Å².